The normalized spacial score (nSPS) is 16.9. The van der Waals surface area contributed by atoms with E-state index in [1.807, 2.05) is 31.3 Å². The van der Waals surface area contributed by atoms with E-state index < -0.39 is 0 Å². The van der Waals surface area contributed by atoms with Crippen LogP contribution in [0.25, 0.3) is 6.08 Å². The van der Waals surface area contributed by atoms with E-state index in [1.165, 1.54) is 5.56 Å². The Labute approximate surface area is 215 Å². The van der Waals surface area contributed by atoms with Crippen LogP contribution in [0.3, 0.4) is 0 Å². The fourth-order valence-electron chi connectivity index (χ4n) is 4.37. The number of hydrogen-bond donors (Lipinski definition) is 0. The molecule has 4 heterocycles. The number of aliphatic imine (C=N–C) groups is 1. The van der Waals surface area contributed by atoms with E-state index in [1.54, 1.807) is 12.4 Å². The van der Waals surface area contributed by atoms with Gasteiger partial charge in [-0.25, -0.2) is 4.98 Å². The van der Waals surface area contributed by atoms with E-state index in [9.17, 15) is 0 Å². The molecule has 1 fully saturated rings. The number of anilines is 1. The van der Waals surface area contributed by atoms with Gasteiger partial charge in [0.15, 0.2) is 0 Å². The molecule has 6 nitrogen and oxygen atoms in total. The maximum atomic E-state index is 6.30. The molecule has 0 aliphatic carbocycles. The van der Waals surface area contributed by atoms with Crippen molar-refractivity contribution in [2.75, 3.05) is 38.1 Å². The Balaban J connectivity index is 1.28. The van der Waals surface area contributed by atoms with E-state index in [-0.39, 0.29) is 6.10 Å². The number of nitrogens with zero attached hydrogens (tertiary/aromatic N) is 5. The van der Waals surface area contributed by atoms with Gasteiger partial charge in [0.25, 0.3) is 0 Å². The Morgan fingerprint density at radius 3 is 2.46 bits per heavy atom. The molecule has 0 spiro atoms. The van der Waals surface area contributed by atoms with Crippen LogP contribution < -0.4 is 9.64 Å². The van der Waals surface area contributed by atoms with Gasteiger partial charge in [0.05, 0.1) is 22.3 Å². The smallest absolute Gasteiger partial charge is 0.128 e. The largest absolute Gasteiger partial charge is 0.486 e. The molecule has 8 heteroatoms. The summed E-state index contributed by atoms with van der Waals surface area (Å²) in [7, 11) is 2.16. The third kappa shape index (κ3) is 5.35. The summed E-state index contributed by atoms with van der Waals surface area (Å²) < 4.78 is 6.18. The monoisotopic (exact) mass is 507 g/mol. The van der Waals surface area contributed by atoms with Crippen LogP contribution in [0.1, 0.15) is 35.3 Å². The summed E-state index contributed by atoms with van der Waals surface area (Å²) in [6, 6.07) is 10.3. The topological polar surface area (TPSA) is 53.9 Å². The minimum Gasteiger partial charge on any atom is -0.486 e. The van der Waals surface area contributed by atoms with Gasteiger partial charge in [-0.1, -0.05) is 35.3 Å². The van der Waals surface area contributed by atoms with E-state index in [0.717, 1.165) is 60.1 Å². The second-order valence-corrected chi connectivity index (χ2v) is 9.69. The first kappa shape index (κ1) is 23.8. The fraction of sp³-hybridized carbons (Fsp3) is 0.296. The number of benzene rings is 1. The number of pyridine rings is 2. The van der Waals surface area contributed by atoms with Crippen LogP contribution in [0.4, 0.5) is 5.82 Å². The highest BCUT2D eigenvalue weighted by Crippen LogP contribution is 2.33. The lowest BCUT2D eigenvalue weighted by Gasteiger charge is -2.33. The van der Waals surface area contributed by atoms with Gasteiger partial charge < -0.3 is 14.5 Å². The number of allylic oxidation sites excluding steroid dienone is 1. The maximum Gasteiger partial charge on any atom is 0.128 e. The lowest BCUT2D eigenvalue weighted by Crippen LogP contribution is -2.44. The van der Waals surface area contributed by atoms with Crippen LogP contribution in [0.5, 0.6) is 5.75 Å². The van der Waals surface area contributed by atoms with Gasteiger partial charge in [0.1, 0.15) is 17.7 Å². The van der Waals surface area contributed by atoms with E-state index in [4.69, 9.17) is 32.9 Å². The van der Waals surface area contributed by atoms with Crippen LogP contribution in [0, 0.1) is 0 Å². The average molecular weight is 508 g/mol. The molecular weight excluding hydrogens is 481 g/mol. The van der Waals surface area contributed by atoms with Crippen molar-refractivity contribution in [3.8, 4) is 5.75 Å². The minimum absolute atomic E-state index is 0.321. The number of fused-ring (bicyclic) bond motifs is 1. The number of rotatable bonds is 6. The lowest BCUT2D eigenvalue weighted by atomic mass is 10.0. The number of hydrogen-bond acceptors (Lipinski definition) is 6. The molecule has 0 radical (unpaired) electrons. The van der Waals surface area contributed by atoms with Gasteiger partial charge in [0.2, 0.25) is 0 Å². The molecule has 2 aliphatic rings. The molecule has 0 amide bonds. The number of aromatic nitrogens is 2. The molecule has 0 saturated carbocycles. The molecule has 1 saturated heterocycles. The first-order valence-corrected chi connectivity index (χ1v) is 12.4. The number of halogens is 2. The number of piperazine rings is 1. The Hall–Kier alpha value is -2.93. The zero-order valence-electron chi connectivity index (χ0n) is 19.8. The van der Waals surface area contributed by atoms with Crippen molar-refractivity contribution in [2.45, 2.75) is 19.6 Å². The molecule has 180 valence electrons. The van der Waals surface area contributed by atoms with Gasteiger partial charge in [-0.3, -0.25) is 9.98 Å². The van der Waals surface area contributed by atoms with Gasteiger partial charge in [0, 0.05) is 55.9 Å². The molecule has 3 aromatic rings. The Bertz CT molecular complexity index is 1250. The van der Waals surface area contributed by atoms with Gasteiger partial charge in [-0.15, -0.1) is 0 Å². The highest BCUT2D eigenvalue weighted by molar-refractivity contribution is 6.35. The van der Waals surface area contributed by atoms with Crippen LogP contribution in [-0.4, -0.2) is 53.8 Å². The highest BCUT2D eigenvalue weighted by Gasteiger charge is 2.19. The van der Waals surface area contributed by atoms with Crippen LogP contribution in [0.15, 0.2) is 60.0 Å². The SMILES string of the molecule is CC(Oc1ccc2c(c1)C(/C=C/c1ccc(N3CCN(C)CC3)nc1)=NC2)c1c(Cl)cncc1Cl. The summed E-state index contributed by atoms with van der Waals surface area (Å²) in [6.45, 7) is 6.73. The van der Waals surface area contributed by atoms with Gasteiger partial charge in [-0.05, 0) is 55.4 Å². The lowest BCUT2D eigenvalue weighted by molar-refractivity contribution is 0.227. The van der Waals surface area contributed by atoms with Gasteiger partial charge in [-0.2, -0.15) is 0 Å². The Morgan fingerprint density at radius 2 is 1.74 bits per heavy atom. The van der Waals surface area contributed by atoms with E-state index in [0.29, 0.717) is 16.6 Å². The molecule has 5 rings (SSSR count). The second kappa shape index (κ2) is 10.4. The Morgan fingerprint density at radius 1 is 0.971 bits per heavy atom. The van der Waals surface area contributed by atoms with Crippen molar-refractivity contribution in [3.05, 3.63) is 87.3 Å². The van der Waals surface area contributed by atoms with Crippen molar-refractivity contribution in [3.63, 3.8) is 0 Å². The van der Waals surface area contributed by atoms with Crippen molar-refractivity contribution in [1.29, 1.82) is 0 Å². The molecular formula is C27H27Cl2N5O. The summed E-state index contributed by atoms with van der Waals surface area (Å²) >= 11 is 12.6. The maximum absolute atomic E-state index is 6.30. The van der Waals surface area contributed by atoms with Gasteiger partial charge >= 0.3 is 0 Å². The second-order valence-electron chi connectivity index (χ2n) is 8.87. The first-order chi connectivity index (χ1) is 17.0. The summed E-state index contributed by atoms with van der Waals surface area (Å²) in [5.74, 6) is 1.77. The summed E-state index contributed by atoms with van der Waals surface area (Å²) in [6.07, 6.45) is 8.85. The fourth-order valence-corrected chi connectivity index (χ4v) is 5.04. The molecule has 0 bridgehead atoms. The van der Waals surface area contributed by atoms with Crippen LogP contribution in [0.2, 0.25) is 10.0 Å². The molecule has 1 atom stereocenters. The standard InChI is InChI=1S/C27H27Cl2N5O/c1-18(27-23(28)16-30-17-24(27)29)35-21-6-5-20-15-31-25(22(20)13-21)7-3-19-4-8-26(32-14-19)34-11-9-33(2)10-12-34/h3-8,13-14,16-18H,9-12,15H2,1-2H3/b7-3+. The first-order valence-electron chi connectivity index (χ1n) is 11.7. The summed E-state index contributed by atoms with van der Waals surface area (Å²) in [4.78, 5) is 18.1. The predicted octanol–water partition coefficient (Wildman–Crippen LogP) is 5.69. The molecule has 1 aromatic carbocycles. The van der Waals surface area contributed by atoms with E-state index >= 15 is 0 Å². The van der Waals surface area contributed by atoms with Crippen molar-refractivity contribution in [2.24, 2.45) is 4.99 Å². The average Bonchev–Trinajstić information content (AvgIpc) is 3.26. The molecule has 35 heavy (non-hydrogen) atoms. The minimum atomic E-state index is -0.321. The zero-order valence-corrected chi connectivity index (χ0v) is 21.3. The zero-order chi connectivity index (χ0) is 24.4. The van der Waals surface area contributed by atoms with Crippen molar-refractivity contribution >= 4 is 40.8 Å². The Kier molecular flexibility index (Phi) is 7.04. The van der Waals surface area contributed by atoms with Crippen LogP contribution in [-0.2, 0) is 6.54 Å². The number of ether oxygens (including phenoxy) is 1. The van der Waals surface area contributed by atoms with Crippen molar-refractivity contribution in [1.82, 2.24) is 14.9 Å². The van der Waals surface area contributed by atoms with Crippen molar-refractivity contribution < 1.29 is 4.74 Å². The summed E-state index contributed by atoms with van der Waals surface area (Å²) in [5, 5.41) is 0.979. The summed E-state index contributed by atoms with van der Waals surface area (Å²) in [5.41, 5.74) is 4.95. The molecule has 2 aliphatic heterocycles. The molecule has 0 N–H and O–H groups in total. The number of likely N-dealkylation sites (N-methyl/N-ethyl adjacent to an activating group) is 1. The third-order valence-electron chi connectivity index (χ3n) is 6.42. The van der Waals surface area contributed by atoms with E-state index in [2.05, 4.69) is 51.1 Å². The highest BCUT2D eigenvalue weighted by atomic mass is 35.5. The quantitative estimate of drug-likeness (QED) is 0.428. The molecule has 1 unspecified atom stereocenters. The van der Waals surface area contributed by atoms with Crippen LogP contribution >= 0.6 is 23.2 Å². The third-order valence-corrected chi connectivity index (χ3v) is 7.02. The predicted molar refractivity (Wildman–Crippen MR) is 143 cm³/mol. The molecule has 2 aromatic heterocycles.